The zero-order chi connectivity index (χ0) is 13.5. The molecule has 2 N–H and O–H groups in total. The second-order valence-corrected chi connectivity index (χ2v) is 6.01. The lowest BCUT2D eigenvalue weighted by molar-refractivity contribution is -0.118. The second kappa shape index (κ2) is 4.64. The van der Waals surface area contributed by atoms with Crippen molar-refractivity contribution >= 4 is 11.6 Å². The average Bonchev–Trinajstić information content (AvgIpc) is 2.43. The number of carbonyl (C=O) groups excluding carboxylic acids is 1. The van der Waals surface area contributed by atoms with E-state index < -0.39 is 0 Å². The fourth-order valence-corrected chi connectivity index (χ4v) is 3.41. The van der Waals surface area contributed by atoms with Gasteiger partial charge in [-0.25, -0.2) is 0 Å². The summed E-state index contributed by atoms with van der Waals surface area (Å²) in [5, 5.41) is 0. The van der Waals surface area contributed by atoms with Gasteiger partial charge in [0.1, 0.15) is 0 Å². The van der Waals surface area contributed by atoms with Crippen molar-refractivity contribution in [3.63, 3.8) is 0 Å². The van der Waals surface area contributed by atoms with Crippen molar-refractivity contribution in [3.8, 4) is 0 Å². The van der Waals surface area contributed by atoms with Crippen LogP contribution in [0.4, 0.5) is 5.69 Å². The van der Waals surface area contributed by atoms with Gasteiger partial charge in [-0.3, -0.25) is 4.79 Å². The molecule has 0 unspecified atom stereocenters. The number of hydrogen-bond donors (Lipinski definition) is 1. The molecule has 2 aliphatic rings. The van der Waals surface area contributed by atoms with E-state index >= 15 is 0 Å². The number of anilines is 1. The number of hydrogen-bond acceptors (Lipinski definition) is 2. The molecule has 1 fully saturated rings. The molecule has 19 heavy (non-hydrogen) atoms. The predicted octanol–water partition coefficient (Wildman–Crippen LogP) is 2.71. The Labute approximate surface area is 114 Å². The number of fused-ring (bicyclic) bond motifs is 1. The molecule has 0 atom stereocenters. The van der Waals surface area contributed by atoms with E-state index in [4.69, 9.17) is 5.73 Å². The van der Waals surface area contributed by atoms with Crippen LogP contribution in [0.5, 0.6) is 0 Å². The summed E-state index contributed by atoms with van der Waals surface area (Å²) in [4.78, 5) is 13.6. The van der Waals surface area contributed by atoms with Gasteiger partial charge >= 0.3 is 0 Å². The molecule has 0 spiro atoms. The fraction of sp³-hybridized carbons (Fsp3) is 0.562. The van der Waals surface area contributed by atoms with Crippen LogP contribution in [-0.2, 0) is 16.8 Å². The zero-order valence-corrected chi connectivity index (χ0v) is 11.6. The van der Waals surface area contributed by atoms with E-state index in [0.717, 1.165) is 24.9 Å². The Morgan fingerprint density at radius 1 is 1.16 bits per heavy atom. The molecule has 1 heterocycles. The molecule has 1 aromatic rings. The highest BCUT2D eigenvalue weighted by Crippen LogP contribution is 2.38. The van der Waals surface area contributed by atoms with Gasteiger partial charge in [-0.15, -0.1) is 0 Å². The van der Waals surface area contributed by atoms with Crippen LogP contribution in [0.3, 0.4) is 0 Å². The van der Waals surface area contributed by atoms with Crippen molar-refractivity contribution in [2.75, 3.05) is 11.9 Å². The fourth-order valence-electron chi connectivity index (χ4n) is 3.41. The molecule has 3 heteroatoms. The lowest BCUT2D eigenvalue weighted by Crippen LogP contribution is -2.39. The summed E-state index contributed by atoms with van der Waals surface area (Å²) in [6.07, 6.45) is 7.31. The van der Waals surface area contributed by atoms with Gasteiger partial charge < -0.3 is 10.6 Å². The smallest absolute Gasteiger partial charge is 0.227 e. The Hall–Kier alpha value is -1.35. The largest absolute Gasteiger partial charge is 0.321 e. The molecular formula is C16H22N2O. The van der Waals surface area contributed by atoms with Gasteiger partial charge in [-0.2, -0.15) is 0 Å². The topological polar surface area (TPSA) is 46.3 Å². The van der Waals surface area contributed by atoms with Crippen LogP contribution in [0, 0.1) is 0 Å². The molecule has 3 rings (SSSR count). The monoisotopic (exact) mass is 258 g/mol. The van der Waals surface area contributed by atoms with E-state index in [9.17, 15) is 4.79 Å². The summed E-state index contributed by atoms with van der Waals surface area (Å²) in [6.45, 7) is 0. The first-order chi connectivity index (χ1) is 9.10. The van der Waals surface area contributed by atoms with E-state index in [1.165, 1.54) is 30.4 Å². The summed E-state index contributed by atoms with van der Waals surface area (Å²) in [6, 6.07) is 6.49. The number of aryl methyl sites for hydroxylation is 1. The standard InChI is InChI=1S/C16H22N2O/c1-18-14-11-13(16(17)9-3-2-4-10-16)7-5-12(14)6-8-15(18)19/h5,7,11H,2-4,6,8-10,17H2,1H3. The molecule has 0 bridgehead atoms. The summed E-state index contributed by atoms with van der Waals surface area (Å²) >= 11 is 0. The molecule has 0 radical (unpaired) electrons. The molecular weight excluding hydrogens is 236 g/mol. The SMILES string of the molecule is CN1C(=O)CCc2ccc(C3(N)CCCCC3)cc21. The third-order valence-electron chi connectivity index (χ3n) is 4.75. The van der Waals surface area contributed by atoms with Gasteiger partial charge in [0.2, 0.25) is 5.91 Å². The van der Waals surface area contributed by atoms with E-state index in [2.05, 4.69) is 18.2 Å². The van der Waals surface area contributed by atoms with Crippen molar-refractivity contribution in [2.45, 2.75) is 50.5 Å². The lowest BCUT2D eigenvalue weighted by atomic mass is 9.77. The Morgan fingerprint density at radius 3 is 2.63 bits per heavy atom. The Kier molecular flexibility index (Phi) is 3.09. The maximum Gasteiger partial charge on any atom is 0.227 e. The summed E-state index contributed by atoms with van der Waals surface area (Å²) < 4.78 is 0. The molecule has 3 nitrogen and oxygen atoms in total. The van der Waals surface area contributed by atoms with Gasteiger partial charge in [-0.05, 0) is 36.5 Å². The van der Waals surface area contributed by atoms with Crippen molar-refractivity contribution < 1.29 is 4.79 Å². The number of rotatable bonds is 1. The van der Waals surface area contributed by atoms with Crippen LogP contribution in [0.1, 0.15) is 49.7 Å². The summed E-state index contributed by atoms with van der Waals surface area (Å²) in [5.74, 6) is 0.208. The van der Waals surface area contributed by atoms with Crippen molar-refractivity contribution in [1.29, 1.82) is 0 Å². The van der Waals surface area contributed by atoms with Gasteiger partial charge in [-0.1, -0.05) is 31.4 Å². The third-order valence-corrected chi connectivity index (χ3v) is 4.75. The highest BCUT2D eigenvalue weighted by Gasteiger charge is 2.31. The second-order valence-electron chi connectivity index (χ2n) is 6.01. The van der Waals surface area contributed by atoms with E-state index in [0.29, 0.717) is 6.42 Å². The van der Waals surface area contributed by atoms with E-state index in [1.54, 1.807) is 4.90 Å². The van der Waals surface area contributed by atoms with Crippen LogP contribution in [0.25, 0.3) is 0 Å². The number of amides is 1. The van der Waals surface area contributed by atoms with Gasteiger partial charge in [0.05, 0.1) is 0 Å². The number of carbonyl (C=O) groups is 1. The first-order valence-electron chi connectivity index (χ1n) is 7.29. The van der Waals surface area contributed by atoms with Gasteiger partial charge in [0.25, 0.3) is 0 Å². The summed E-state index contributed by atoms with van der Waals surface area (Å²) in [7, 11) is 1.87. The average molecular weight is 258 g/mol. The highest BCUT2D eigenvalue weighted by atomic mass is 16.2. The zero-order valence-electron chi connectivity index (χ0n) is 11.6. The Balaban J connectivity index is 1.98. The molecule has 102 valence electrons. The number of nitrogens with two attached hydrogens (primary N) is 1. The first kappa shape index (κ1) is 12.7. The molecule has 1 saturated carbocycles. The minimum atomic E-state index is -0.186. The molecule has 1 amide bonds. The molecule has 0 aromatic heterocycles. The number of nitrogens with zero attached hydrogens (tertiary/aromatic N) is 1. The minimum absolute atomic E-state index is 0.186. The minimum Gasteiger partial charge on any atom is -0.321 e. The van der Waals surface area contributed by atoms with Crippen LogP contribution < -0.4 is 10.6 Å². The van der Waals surface area contributed by atoms with Crippen molar-refractivity contribution in [2.24, 2.45) is 5.73 Å². The van der Waals surface area contributed by atoms with Crippen molar-refractivity contribution in [3.05, 3.63) is 29.3 Å². The van der Waals surface area contributed by atoms with Crippen LogP contribution in [-0.4, -0.2) is 13.0 Å². The van der Waals surface area contributed by atoms with E-state index in [1.807, 2.05) is 7.05 Å². The predicted molar refractivity (Wildman–Crippen MR) is 77.1 cm³/mol. The van der Waals surface area contributed by atoms with Gasteiger partial charge in [0.15, 0.2) is 0 Å². The summed E-state index contributed by atoms with van der Waals surface area (Å²) in [5.41, 5.74) is 9.93. The molecule has 1 aliphatic carbocycles. The molecule has 1 aliphatic heterocycles. The Bertz CT molecular complexity index is 503. The van der Waals surface area contributed by atoms with Crippen molar-refractivity contribution in [1.82, 2.24) is 0 Å². The molecule has 0 saturated heterocycles. The maximum absolute atomic E-state index is 11.8. The van der Waals surface area contributed by atoms with Crippen LogP contribution >= 0.6 is 0 Å². The quantitative estimate of drug-likeness (QED) is 0.842. The van der Waals surface area contributed by atoms with Crippen LogP contribution in [0.15, 0.2) is 18.2 Å². The number of benzene rings is 1. The molecule has 1 aromatic carbocycles. The maximum atomic E-state index is 11.8. The lowest BCUT2D eigenvalue weighted by Gasteiger charge is -2.35. The normalized spacial score (nSPS) is 22.2. The van der Waals surface area contributed by atoms with Crippen LogP contribution in [0.2, 0.25) is 0 Å². The van der Waals surface area contributed by atoms with Gasteiger partial charge in [0, 0.05) is 24.7 Å². The highest BCUT2D eigenvalue weighted by molar-refractivity contribution is 5.96. The third kappa shape index (κ3) is 2.16. The van der Waals surface area contributed by atoms with E-state index in [-0.39, 0.29) is 11.4 Å². The first-order valence-corrected chi connectivity index (χ1v) is 7.29. The Morgan fingerprint density at radius 2 is 1.89 bits per heavy atom.